The summed E-state index contributed by atoms with van der Waals surface area (Å²) in [5.74, 6) is 0.559. The number of benzene rings is 4. The minimum atomic E-state index is -1.10. The van der Waals surface area contributed by atoms with Gasteiger partial charge in [-0.25, -0.2) is 4.79 Å². The highest BCUT2D eigenvalue weighted by Gasteiger charge is 2.28. The summed E-state index contributed by atoms with van der Waals surface area (Å²) < 4.78 is 12.0. The Balaban J connectivity index is 1.10. The molecule has 1 aliphatic rings. The van der Waals surface area contributed by atoms with Crippen LogP contribution in [0.5, 0.6) is 17.2 Å². The lowest BCUT2D eigenvalue weighted by atomic mass is 10.1. The van der Waals surface area contributed by atoms with Crippen molar-refractivity contribution in [3.8, 4) is 17.2 Å². The number of carbonyl (C=O) groups excluding carboxylic acids is 2. The van der Waals surface area contributed by atoms with Gasteiger partial charge < -0.3 is 24.8 Å². The van der Waals surface area contributed by atoms with Gasteiger partial charge in [0.2, 0.25) is 5.91 Å². The molecule has 2 amide bonds. The average Bonchev–Trinajstić information content (AvgIpc) is 3.44. The molecule has 5 rings (SSSR count). The first kappa shape index (κ1) is 26.5. The number of anilines is 1. The van der Waals surface area contributed by atoms with Crippen molar-refractivity contribution in [3.63, 3.8) is 0 Å². The second-order valence-electron chi connectivity index (χ2n) is 9.44. The van der Waals surface area contributed by atoms with Crippen LogP contribution in [-0.4, -0.2) is 47.0 Å². The molecule has 4 aromatic rings. The van der Waals surface area contributed by atoms with Gasteiger partial charge in [0.15, 0.2) is 0 Å². The second kappa shape index (κ2) is 12.2. The Bertz CT molecular complexity index is 1490. The van der Waals surface area contributed by atoms with Gasteiger partial charge in [-0.1, -0.05) is 42.5 Å². The van der Waals surface area contributed by atoms with Crippen LogP contribution in [0.1, 0.15) is 32.7 Å². The number of carboxylic acids is 1. The van der Waals surface area contributed by atoms with E-state index in [0.717, 1.165) is 12.0 Å². The number of aromatic carboxylic acids is 1. The molecule has 8 nitrogen and oxygen atoms in total. The number of hydrogen-bond acceptors (Lipinski definition) is 5. The third-order valence-corrected chi connectivity index (χ3v) is 6.53. The fourth-order valence-electron chi connectivity index (χ4n) is 4.52. The summed E-state index contributed by atoms with van der Waals surface area (Å²) >= 11 is 0. The third kappa shape index (κ3) is 6.66. The number of carbonyl (C=O) groups is 3. The molecule has 0 aliphatic carbocycles. The number of ether oxygens (including phenoxy) is 2. The summed E-state index contributed by atoms with van der Waals surface area (Å²) in [5.41, 5.74) is 1.75. The van der Waals surface area contributed by atoms with E-state index >= 15 is 0 Å². The van der Waals surface area contributed by atoms with Gasteiger partial charge in [-0.2, -0.15) is 0 Å². The predicted octanol–water partition coefficient (Wildman–Crippen LogP) is 5.65. The molecular formula is C32H28N2O6. The SMILES string of the molecule is O=C(Cc1ccc(Oc2ccc(OC3CCN(C(=O)c4ccccc4)C3)cc2)cc1)Nc1ccccc1C(=O)O. The maximum absolute atomic E-state index is 12.7. The van der Waals surface area contributed by atoms with Gasteiger partial charge in [0.25, 0.3) is 5.91 Å². The summed E-state index contributed by atoms with van der Waals surface area (Å²) in [7, 11) is 0. The molecule has 4 aromatic carbocycles. The van der Waals surface area contributed by atoms with E-state index in [1.807, 2.05) is 59.5 Å². The van der Waals surface area contributed by atoms with Gasteiger partial charge in [-0.05, 0) is 66.2 Å². The van der Waals surface area contributed by atoms with Crippen molar-refractivity contribution in [3.05, 3.63) is 120 Å². The van der Waals surface area contributed by atoms with E-state index in [9.17, 15) is 19.5 Å². The molecule has 1 saturated heterocycles. The first-order chi connectivity index (χ1) is 19.4. The molecule has 1 unspecified atom stereocenters. The van der Waals surface area contributed by atoms with Crippen LogP contribution in [0.4, 0.5) is 5.69 Å². The predicted molar refractivity (Wildman–Crippen MR) is 150 cm³/mol. The van der Waals surface area contributed by atoms with E-state index in [2.05, 4.69) is 5.32 Å². The number of carboxylic acid groups (broad SMARTS) is 1. The maximum atomic E-state index is 12.7. The molecule has 1 aliphatic heterocycles. The lowest BCUT2D eigenvalue weighted by molar-refractivity contribution is -0.115. The molecule has 1 heterocycles. The van der Waals surface area contributed by atoms with Gasteiger partial charge in [0.05, 0.1) is 24.2 Å². The highest BCUT2D eigenvalue weighted by Crippen LogP contribution is 2.26. The number of nitrogens with zero attached hydrogens (tertiary/aromatic N) is 1. The fourth-order valence-corrected chi connectivity index (χ4v) is 4.52. The van der Waals surface area contributed by atoms with E-state index in [1.165, 1.54) is 6.07 Å². The molecule has 0 bridgehead atoms. The summed E-state index contributed by atoms with van der Waals surface area (Å²) in [6, 6.07) is 30.0. The number of rotatable bonds is 9. The molecular weight excluding hydrogens is 508 g/mol. The first-order valence-corrected chi connectivity index (χ1v) is 12.9. The summed E-state index contributed by atoms with van der Waals surface area (Å²) in [4.78, 5) is 38.3. The van der Waals surface area contributed by atoms with Crippen LogP contribution in [0, 0.1) is 0 Å². The van der Waals surface area contributed by atoms with E-state index < -0.39 is 5.97 Å². The number of para-hydroxylation sites is 1. The van der Waals surface area contributed by atoms with Crippen molar-refractivity contribution in [1.29, 1.82) is 0 Å². The molecule has 8 heteroatoms. The second-order valence-corrected chi connectivity index (χ2v) is 9.44. The molecule has 0 saturated carbocycles. The van der Waals surface area contributed by atoms with Crippen molar-refractivity contribution in [2.75, 3.05) is 18.4 Å². The highest BCUT2D eigenvalue weighted by atomic mass is 16.5. The average molecular weight is 537 g/mol. The molecule has 1 fully saturated rings. The summed E-state index contributed by atoms with van der Waals surface area (Å²) in [5, 5.41) is 11.9. The van der Waals surface area contributed by atoms with Crippen LogP contribution in [0.25, 0.3) is 0 Å². The summed E-state index contributed by atoms with van der Waals surface area (Å²) in [6.45, 7) is 1.20. The first-order valence-electron chi connectivity index (χ1n) is 12.9. The van der Waals surface area contributed by atoms with E-state index in [0.29, 0.717) is 35.9 Å². The Hall–Kier alpha value is -5.11. The molecule has 0 spiro atoms. The van der Waals surface area contributed by atoms with Gasteiger partial charge in [-0.3, -0.25) is 9.59 Å². The number of hydrogen-bond donors (Lipinski definition) is 2. The largest absolute Gasteiger partial charge is 0.489 e. The minimum absolute atomic E-state index is 0.0191. The fraction of sp³-hybridized carbons (Fsp3) is 0.156. The van der Waals surface area contributed by atoms with Crippen LogP contribution in [-0.2, 0) is 11.2 Å². The Morgan fingerprint density at radius 3 is 2.12 bits per heavy atom. The van der Waals surface area contributed by atoms with Crippen LogP contribution >= 0.6 is 0 Å². The lowest BCUT2D eigenvalue weighted by Gasteiger charge is -2.17. The zero-order chi connectivity index (χ0) is 27.9. The quantitative estimate of drug-likeness (QED) is 0.286. The van der Waals surface area contributed by atoms with Gasteiger partial charge >= 0.3 is 5.97 Å². The van der Waals surface area contributed by atoms with E-state index in [4.69, 9.17) is 9.47 Å². The van der Waals surface area contributed by atoms with E-state index in [1.54, 1.807) is 42.5 Å². The third-order valence-electron chi connectivity index (χ3n) is 6.53. The van der Waals surface area contributed by atoms with Crippen molar-refractivity contribution < 1.29 is 29.0 Å². The standard InChI is InChI=1S/C32H28N2O6/c35-30(33-29-9-5-4-8-28(29)32(37)38)20-22-10-12-24(13-11-22)39-25-14-16-26(17-15-25)40-27-18-19-34(21-27)31(36)23-6-2-1-3-7-23/h1-17,27H,18-21H2,(H,33,35)(H,37,38). The zero-order valence-electron chi connectivity index (χ0n) is 21.7. The molecule has 0 radical (unpaired) electrons. The smallest absolute Gasteiger partial charge is 0.337 e. The van der Waals surface area contributed by atoms with Gasteiger partial charge in [0.1, 0.15) is 23.4 Å². The Morgan fingerprint density at radius 1 is 0.800 bits per heavy atom. The van der Waals surface area contributed by atoms with E-state index in [-0.39, 0.29) is 35.6 Å². The zero-order valence-corrected chi connectivity index (χ0v) is 21.7. The highest BCUT2D eigenvalue weighted by molar-refractivity contribution is 6.01. The minimum Gasteiger partial charge on any atom is -0.489 e. The Labute approximate surface area is 231 Å². The van der Waals surface area contributed by atoms with Crippen LogP contribution in [0.15, 0.2) is 103 Å². The van der Waals surface area contributed by atoms with Crippen molar-refractivity contribution in [2.24, 2.45) is 0 Å². The Morgan fingerprint density at radius 2 is 1.43 bits per heavy atom. The maximum Gasteiger partial charge on any atom is 0.337 e. The van der Waals surface area contributed by atoms with Gasteiger partial charge in [0, 0.05) is 18.5 Å². The molecule has 2 N–H and O–H groups in total. The topological polar surface area (TPSA) is 105 Å². The Kier molecular flexibility index (Phi) is 8.06. The van der Waals surface area contributed by atoms with Crippen LogP contribution < -0.4 is 14.8 Å². The number of likely N-dealkylation sites (tertiary alicyclic amines) is 1. The molecule has 0 aromatic heterocycles. The van der Waals surface area contributed by atoms with Crippen molar-refractivity contribution >= 4 is 23.5 Å². The number of amides is 2. The van der Waals surface area contributed by atoms with Crippen molar-refractivity contribution in [2.45, 2.75) is 18.9 Å². The molecule has 1 atom stereocenters. The lowest BCUT2D eigenvalue weighted by Crippen LogP contribution is -2.30. The number of nitrogens with one attached hydrogen (secondary N) is 1. The molecule has 40 heavy (non-hydrogen) atoms. The van der Waals surface area contributed by atoms with Crippen LogP contribution in [0.2, 0.25) is 0 Å². The monoisotopic (exact) mass is 536 g/mol. The van der Waals surface area contributed by atoms with Crippen LogP contribution in [0.3, 0.4) is 0 Å². The van der Waals surface area contributed by atoms with Crippen molar-refractivity contribution in [1.82, 2.24) is 4.90 Å². The van der Waals surface area contributed by atoms with Gasteiger partial charge in [-0.15, -0.1) is 0 Å². The molecule has 202 valence electrons. The summed E-state index contributed by atoms with van der Waals surface area (Å²) in [6.07, 6.45) is 0.796. The normalized spacial score (nSPS) is 14.4.